The maximum Gasteiger partial charge on any atom is 0.176 e. The van der Waals surface area contributed by atoms with Gasteiger partial charge in [-0.05, 0) is 12.1 Å². The van der Waals surface area contributed by atoms with Gasteiger partial charge in [-0.15, -0.1) is 0 Å². The number of nitriles is 2. The number of nitrogens with zero attached hydrogens (tertiary/aromatic N) is 4. The zero-order valence-corrected chi connectivity index (χ0v) is 9.82. The summed E-state index contributed by atoms with van der Waals surface area (Å²) in [6, 6.07) is 8.02. The van der Waals surface area contributed by atoms with Gasteiger partial charge in [0.15, 0.2) is 11.4 Å². The molecular formula is C12H6ClFN4. The molecule has 2 aromatic rings. The predicted molar refractivity (Wildman–Crippen MR) is 62.2 cm³/mol. The molecule has 0 saturated heterocycles. The molecule has 0 N–H and O–H groups in total. The molecule has 88 valence electrons. The lowest BCUT2D eigenvalue weighted by Crippen LogP contribution is -2.04. The first-order valence-corrected chi connectivity index (χ1v) is 5.33. The van der Waals surface area contributed by atoms with Crippen molar-refractivity contribution in [3.63, 3.8) is 0 Å². The van der Waals surface area contributed by atoms with Crippen LogP contribution >= 0.6 is 11.6 Å². The van der Waals surface area contributed by atoms with E-state index in [9.17, 15) is 4.39 Å². The first kappa shape index (κ1) is 12.1. The van der Waals surface area contributed by atoms with Crippen molar-refractivity contribution in [1.82, 2.24) is 9.55 Å². The minimum atomic E-state index is -0.460. The molecule has 0 radical (unpaired) electrons. The molecule has 2 rings (SSSR count). The second-order valence-corrected chi connectivity index (χ2v) is 3.90. The standard InChI is InChI=1S/C12H6ClFN4/c13-9-2-1-3-10(14)8(9)6-18-7-17-11(4-15)12(18)5-16/h1-3,7H,6H2. The van der Waals surface area contributed by atoms with E-state index in [0.29, 0.717) is 0 Å². The Kier molecular flexibility index (Phi) is 3.27. The Morgan fingerprint density at radius 3 is 2.72 bits per heavy atom. The zero-order chi connectivity index (χ0) is 13.1. The van der Waals surface area contributed by atoms with Gasteiger partial charge in [-0.2, -0.15) is 10.5 Å². The van der Waals surface area contributed by atoms with E-state index in [1.54, 1.807) is 12.1 Å². The van der Waals surface area contributed by atoms with Crippen molar-refractivity contribution in [1.29, 1.82) is 10.5 Å². The van der Waals surface area contributed by atoms with E-state index in [2.05, 4.69) is 4.98 Å². The molecule has 0 amide bonds. The first-order chi connectivity index (χ1) is 8.67. The highest BCUT2D eigenvalue weighted by molar-refractivity contribution is 6.31. The average Bonchev–Trinajstić information content (AvgIpc) is 2.75. The first-order valence-electron chi connectivity index (χ1n) is 4.95. The van der Waals surface area contributed by atoms with E-state index in [-0.39, 0.29) is 28.5 Å². The highest BCUT2D eigenvalue weighted by atomic mass is 35.5. The Bertz CT molecular complexity index is 658. The largest absolute Gasteiger partial charge is 0.317 e. The molecule has 4 nitrogen and oxygen atoms in total. The smallest absolute Gasteiger partial charge is 0.176 e. The van der Waals surface area contributed by atoms with Crippen LogP contribution in [0.4, 0.5) is 4.39 Å². The number of hydrogen-bond donors (Lipinski definition) is 0. The fourth-order valence-corrected chi connectivity index (χ4v) is 1.78. The highest BCUT2D eigenvalue weighted by Gasteiger charge is 2.13. The fourth-order valence-electron chi connectivity index (χ4n) is 1.55. The summed E-state index contributed by atoms with van der Waals surface area (Å²) >= 11 is 5.89. The van der Waals surface area contributed by atoms with Crippen LogP contribution in [-0.2, 0) is 6.54 Å². The third-order valence-corrected chi connectivity index (χ3v) is 2.79. The topological polar surface area (TPSA) is 65.4 Å². The van der Waals surface area contributed by atoms with Crippen LogP contribution < -0.4 is 0 Å². The third-order valence-electron chi connectivity index (χ3n) is 2.44. The zero-order valence-electron chi connectivity index (χ0n) is 9.06. The van der Waals surface area contributed by atoms with Gasteiger partial charge < -0.3 is 4.57 Å². The Morgan fingerprint density at radius 2 is 2.11 bits per heavy atom. The van der Waals surface area contributed by atoms with Crippen molar-refractivity contribution in [2.45, 2.75) is 6.54 Å². The lowest BCUT2D eigenvalue weighted by atomic mass is 10.2. The minimum absolute atomic E-state index is 0.0185. The number of hydrogen-bond acceptors (Lipinski definition) is 3. The Hall–Kier alpha value is -2.37. The lowest BCUT2D eigenvalue weighted by molar-refractivity contribution is 0.599. The van der Waals surface area contributed by atoms with Crippen molar-refractivity contribution < 1.29 is 4.39 Å². The van der Waals surface area contributed by atoms with Gasteiger partial charge >= 0.3 is 0 Å². The summed E-state index contributed by atoms with van der Waals surface area (Å²) in [5.41, 5.74) is 0.374. The molecule has 0 aliphatic heterocycles. The molecule has 1 aromatic carbocycles. The number of imidazole rings is 1. The van der Waals surface area contributed by atoms with E-state index >= 15 is 0 Å². The van der Waals surface area contributed by atoms with Gasteiger partial charge in [0, 0.05) is 10.6 Å². The molecule has 0 aliphatic rings. The molecule has 0 fully saturated rings. The van der Waals surface area contributed by atoms with Crippen molar-refractivity contribution in [3.8, 4) is 12.1 Å². The van der Waals surface area contributed by atoms with Crippen molar-refractivity contribution in [2.24, 2.45) is 0 Å². The number of benzene rings is 1. The third kappa shape index (κ3) is 2.04. The predicted octanol–water partition coefficient (Wildman–Crippen LogP) is 2.47. The second-order valence-electron chi connectivity index (χ2n) is 3.49. The summed E-state index contributed by atoms with van der Waals surface area (Å²) in [5, 5.41) is 18.0. The van der Waals surface area contributed by atoms with Crippen LogP contribution in [0.3, 0.4) is 0 Å². The van der Waals surface area contributed by atoms with Gasteiger partial charge in [-0.1, -0.05) is 17.7 Å². The molecule has 0 atom stereocenters. The van der Waals surface area contributed by atoms with Crippen molar-refractivity contribution >= 4 is 11.6 Å². The lowest BCUT2D eigenvalue weighted by Gasteiger charge is -2.07. The Morgan fingerprint density at radius 1 is 1.33 bits per heavy atom. The van der Waals surface area contributed by atoms with Crippen LogP contribution in [-0.4, -0.2) is 9.55 Å². The van der Waals surface area contributed by atoms with Gasteiger partial charge in [0.25, 0.3) is 0 Å². The van der Waals surface area contributed by atoms with Crippen LogP contribution in [0.5, 0.6) is 0 Å². The number of rotatable bonds is 2. The molecule has 6 heteroatoms. The van der Waals surface area contributed by atoms with Gasteiger partial charge in [0.2, 0.25) is 0 Å². The molecule has 1 aromatic heterocycles. The monoisotopic (exact) mass is 260 g/mol. The summed E-state index contributed by atoms with van der Waals surface area (Å²) in [6.45, 7) is 0.0586. The number of halogens is 2. The van der Waals surface area contributed by atoms with E-state index in [4.69, 9.17) is 22.1 Å². The van der Waals surface area contributed by atoms with E-state index in [1.165, 1.54) is 23.0 Å². The quantitative estimate of drug-likeness (QED) is 0.833. The Labute approximate surface area is 107 Å². The van der Waals surface area contributed by atoms with Crippen LogP contribution in [0.2, 0.25) is 5.02 Å². The van der Waals surface area contributed by atoms with Crippen LogP contribution in [0.1, 0.15) is 17.0 Å². The van der Waals surface area contributed by atoms with Crippen LogP contribution in [0.25, 0.3) is 0 Å². The van der Waals surface area contributed by atoms with Gasteiger partial charge in [0.1, 0.15) is 18.0 Å². The maximum atomic E-state index is 13.6. The van der Waals surface area contributed by atoms with Crippen LogP contribution in [0, 0.1) is 28.5 Å². The van der Waals surface area contributed by atoms with Gasteiger partial charge in [-0.3, -0.25) is 0 Å². The van der Waals surface area contributed by atoms with Crippen molar-refractivity contribution in [2.75, 3.05) is 0 Å². The van der Waals surface area contributed by atoms with Crippen molar-refractivity contribution in [3.05, 3.63) is 52.3 Å². The van der Waals surface area contributed by atoms with Gasteiger partial charge in [-0.25, -0.2) is 9.37 Å². The van der Waals surface area contributed by atoms with E-state index < -0.39 is 5.82 Å². The van der Waals surface area contributed by atoms with Crippen LogP contribution in [0.15, 0.2) is 24.5 Å². The average molecular weight is 261 g/mol. The molecule has 0 unspecified atom stereocenters. The molecule has 0 bridgehead atoms. The van der Waals surface area contributed by atoms with E-state index in [1.807, 2.05) is 6.07 Å². The van der Waals surface area contributed by atoms with E-state index in [0.717, 1.165) is 0 Å². The summed E-state index contributed by atoms with van der Waals surface area (Å²) in [4.78, 5) is 3.77. The highest BCUT2D eigenvalue weighted by Crippen LogP contribution is 2.21. The summed E-state index contributed by atoms with van der Waals surface area (Å²) in [6.07, 6.45) is 1.32. The van der Waals surface area contributed by atoms with Gasteiger partial charge in [0.05, 0.1) is 12.9 Å². The summed E-state index contributed by atoms with van der Waals surface area (Å²) in [7, 11) is 0. The fraction of sp³-hybridized carbons (Fsp3) is 0.0833. The summed E-state index contributed by atoms with van der Waals surface area (Å²) < 4.78 is 15.0. The maximum absolute atomic E-state index is 13.6. The number of aromatic nitrogens is 2. The SMILES string of the molecule is N#Cc1ncn(Cc2c(F)cccc2Cl)c1C#N. The molecule has 0 aliphatic carbocycles. The Balaban J connectivity index is 2.45. The minimum Gasteiger partial charge on any atom is -0.317 e. The molecule has 0 spiro atoms. The molecular weight excluding hydrogens is 255 g/mol. The normalized spacial score (nSPS) is 9.78. The molecule has 0 saturated carbocycles. The summed E-state index contributed by atoms with van der Waals surface area (Å²) in [5.74, 6) is -0.460. The molecule has 18 heavy (non-hydrogen) atoms. The molecule has 1 heterocycles. The second kappa shape index (κ2) is 4.87.